The second-order valence-corrected chi connectivity index (χ2v) is 4.41. The summed E-state index contributed by atoms with van der Waals surface area (Å²) in [6.45, 7) is 1.98. The molecule has 84 valence electrons. The minimum atomic E-state index is 0.893. The van der Waals surface area contributed by atoms with Gasteiger partial charge in [0.1, 0.15) is 11.6 Å². The van der Waals surface area contributed by atoms with Gasteiger partial charge in [-0.05, 0) is 19.1 Å². The Labute approximate surface area is 99.3 Å². The van der Waals surface area contributed by atoms with Gasteiger partial charge in [-0.3, -0.25) is 0 Å². The molecule has 0 aliphatic heterocycles. The van der Waals surface area contributed by atoms with Crippen LogP contribution >= 0.6 is 11.8 Å². The van der Waals surface area contributed by atoms with Gasteiger partial charge in [0.2, 0.25) is 0 Å². The van der Waals surface area contributed by atoms with E-state index in [-0.39, 0.29) is 0 Å². The summed E-state index contributed by atoms with van der Waals surface area (Å²) in [5.41, 5.74) is 1.20. The number of nitrogens with one attached hydrogen (secondary N) is 1. The third-order valence-corrected chi connectivity index (χ3v) is 3.51. The van der Waals surface area contributed by atoms with Crippen molar-refractivity contribution >= 4 is 17.6 Å². The van der Waals surface area contributed by atoms with Crippen LogP contribution in [0, 0.1) is 6.92 Å². The molecule has 0 spiro atoms. The van der Waals surface area contributed by atoms with Crippen LogP contribution in [0.5, 0.6) is 0 Å². The molecule has 2 rings (SSSR count). The Morgan fingerprint density at radius 2 is 2.31 bits per heavy atom. The Balaban J connectivity index is 2.07. The molecule has 0 bridgehead atoms. The Kier molecular flexibility index (Phi) is 3.51. The van der Waals surface area contributed by atoms with Crippen LogP contribution in [0.25, 0.3) is 0 Å². The smallest absolute Gasteiger partial charge is 0.129 e. The van der Waals surface area contributed by atoms with E-state index < -0.39 is 0 Å². The van der Waals surface area contributed by atoms with E-state index in [2.05, 4.69) is 16.4 Å². The monoisotopic (exact) mass is 234 g/mol. The highest BCUT2D eigenvalue weighted by Crippen LogP contribution is 2.28. The lowest BCUT2D eigenvalue weighted by atomic mass is 10.3. The lowest BCUT2D eigenvalue weighted by Gasteiger charge is -2.06. The number of pyridine rings is 1. The van der Waals surface area contributed by atoms with E-state index in [4.69, 9.17) is 4.42 Å². The number of aromatic nitrogens is 1. The number of aryl methyl sites for hydroxylation is 1. The van der Waals surface area contributed by atoms with E-state index in [0.29, 0.717) is 0 Å². The van der Waals surface area contributed by atoms with Crippen molar-refractivity contribution in [2.45, 2.75) is 17.6 Å². The average molecular weight is 234 g/mol. The van der Waals surface area contributed by atoms with Crippen LogP contribution in [0.2, 0.25) is 0 Å². The fourth-order valence-corrected chi connectivity index (χ4v) is 2.41. The van der Waals surface area contributed by atoms with Crippen LogP contribution in [0.15, 0.2) is 40.0 Å². The topological polar surface area (TPSA) is 38.1 Å². The molecule has 2 aromatic heterocycles. The van der Waals surface area contributed by atoms with Crippen molar-refractivity contribution in [1.29, 1.82) is 0 Å². The van der Waals surface area contributed by atoms with Gasteiger partial charge in [0.25, 0.3) is 0 Å². The Hall–Kier alpha value is -1.42. The molecular formula is C12H14N2OS. The van der Waals surface area contributed by atoms with Crippen molar-refractivity contribution in [2.24, 2.45) is 0 Å². The third kappa shape index (κ3) is 2.39. The zero-order valence-corrected chi connectivity index (χ0v) is 10.2. The fourth-order valence-electron chi connectivity index (χ4n) is 1.46. The predicted octanol–water partition coefficient (Wildman–Crippen LogP) is 3.32. The molecule has 0 saturated heterocycles. The molecule has 0 atom stereocenters. The van der Waals surface area contributed by atoms with Gasteiger partial charge in [-0.1, -0.05) is 6.07 Å². The number of rotatable bonds is 4. The molecule has 0 radical (unpaired) electrons. The molecule has 2 aromatic rings. The maximum Gasteiger partial charge on any atom is 0.129 e. The van der Waals surface area contributed by atoms with Crippen LogP contribution in [0.3, 0.4) is 0 Å². The van der Waals surface area contributed by atoms with E-state index in [0.717, 1.165) is 17.3 Å². The van der Waals surface area contributed by atoms with E-state index in [1.54, 1.807) is 24.2 Å². The SMILES string of the molecule is CNc1ncccc1CSc1ccoc1C. The molecule has 0 aliphatic carbocycles. The van der Waals surface area contributed by atoms with Crippen molar-refractivity contribution in [3.63, 3.8) is 0 Å². The molecule has 0 amide bonds. The number of hydrogen-bond donors (Lipinski definition) is 1. The molecule has 2 heterocycles. The summed E-state index contributed by atoms with van der Waals surface area (Å²) in [5.74, 6) is 2.81. The van der Waals surface area contributed by atoms with Gasteiger partial charge in [0.15, 0.2) is 0 Å². The van der Waals surface area contributed by atoms with Crippen molar-refractivity contribution in [2.75, 3.05) is 12.4 Å². The number of hydrogen-bond acceptors (Lipinski definition) is 4. The van der Waals surface area contributed by atoms with Crippen molar-refractivity contribution in [1.82, 2.24) is 4.98 Å². The first kappa shape index (κ1) is 11.1. The standard InChI is InChI=1S/C12H14N2OS/c1-9-11(5-7-15-9)16-8-10-4-3-6-14-12(10)13-2/h3-7H,8H2,1-2H3,(H,13,14). The second kappa shape index (κ2) is 5.07. The van der Waals surface area contributed by atoms with Crippen LogP contribution in [-0.2, 0) is 5.75 Å². The van der Waals surface area contributed by atoms with E-state index in [9.17, 15) is 0 Å². The maximum absolute atomic E-state index is 5.26. The number of thioether (sulfide) groups is 1. The van der Waals surface area contributed by atoms with Gasteiger partial charge in [0, 0.05) is 29.5 Å². The highest BCUT2D eigenvalue weighted by atomic mass is 32.2. The summed E-state index contributed by atoms with van der Waals surface area (Å²) in [5, 5.41) is 3.09. The van der Waals surface area contributed by atoms with Gasteiger partial charge in [-0.2, -0.15) is 0 Å². The molecular weight excluding hydrogens is 220 g/mol. The van der Waals surface area contributed by atoms with Gasteiger partial charge in [-0.15, -0.1) is 11.8 Å². The largest absolute Gasteiger partial charge is 0.468 e. The van der Waals surface area contributed by atoms with E-state index in [1.165, 1.54) is 10.5 Å². The first-order valence-electron chi connectivity index (χ1n) is 5.10. The van der Waals surface area contributed by atoms with Crippen molar-refractivity contribution < 1.29 is 4.42 Å². The molecule has 1 N–H and O–H groups in total. The third-order valence-electron chi connectivity index (χ3n) is 2.32. The van der Waals surface area contributed by atoms with Crippen LogP contribution in [-0.4, -0.2) is 12.0 Å². The lowest BCUT2D eigenvalue weighted by Crippen LogP contribution is -1.96. The second-order valence-electron chi connectivity index (χ2n) is 3.39. The molecule has 4 heteroatoms. The van der Waals surface area contributed by atoms with Crippen LogP contribution in [0.4, 0.5) is 5.82 Å². The zero-order chi connectivity index (χ0) is 11.4. The van der Waals surface area contributed by atoms with Crippen molar-refractivity contribution in [3.8, 4) is 0 Å². The summed E-state index contributed by atoms with van der Waals surface area (Å²) >= 11 is 1.76. The molecule has 0 aliphatic rings. The Morgan fingerprint density at radius 1 is 1.44 bits per heavy atom. The van der Waals surface area contributed by atoms with Gasteiger partial charge >= 0.3 is 0 Å². The van der Waals surface area contributed by atoms with E-state index >= 15 is 0 Å². The minimum absolute atomic E-state index is 0.893. The quantitative estimate of drug-likeness (QED) is 0.824. The lowest BCUT2D eigenvalue weighted by molar-refractivity contribution is 0.527. The number of furan rings is 1. The molecule has 16 heavy (non-hydrogen) atoms. The molecule has 0 fully saturated rings. The fraction of sp³-hybridized carbons (Fsp3) is 0.250. The summed E-state index contributed by atoms with van der Waals surface area (Å²) in [6, 6.07) is 6.04. The Bertz CT molecular complexity index is 468. The number of nitrogens with zero attached hydrogens (tertiary/aromatic N) is 1. The van der Waals surface area contributed by atoms with Crippen molar-refractivity contribution in [3.05, 3.63) is 42.0 Å². The first-order valence-corrected chi connectivity index (χ1v) is 6.08. The van der Waals surface area contributed by atoms with E-state index in [1.807, 2.05) is 26.1 Å². The van der Waals surface area contributed by atoms with Gasteiger partial charge in [0.05, 0.1) is 6.26 Å². The predicted molar refractivity (Wildman–Crippen MR) is 66.8 cm³/mol. The normalized spacial score (nSPS) is 10.4. The van der Waals surface area contributed by atoms with Crippen LogP contribution < -0.4 is 5.32 Å². The molecule has 0 saturated carbocycles. The zero-order valence-electron chi connectivity index (χ0n) is 9.36. The molecule has 3 nitrogen and oxygen atoms in total. The summed E-state index contributed by atoms with van der Waals surface area (Å²) in [7, 11) is 1.89. The Morgan fingerprint density at radius 3 is 3.00 bits per heavy atom. The van der Waals surface area contributed by atoms with Crippen LogP contribution in [0.1, 0.15) is 11.3 Å². The highest BCUT2D eigenvalue weighted by molar-refractivity contribution is 7.98. The highest BCUT2D eigenvalue weighted by Gasteiger charge is 2.05. The molecule has 0 aromatic carbocycles. The maximum atomic E-state index is 5.26. The molecule has 0 unspecified atom stereocenters. The minimum Gasteiger partial charge on any atom is -0.468 e. The summed E-state index contributed by atoms with van der Waals surface area (Å²) < 4.78 is 5.26. The first-order chi connectivity index (χ1) is 7.81. The average Bonchev–Trinajstić information content (AvgIpc) is 2.72. The summed E-state index contributed by atoms with van der Waals surface area (Å²) in [6.07, 6.45) is 3.52. The van der Waals surface area contributed by atoms with Gasteiger partial charge in [-0.25, -0.2) is 4.98 Å². The number of anilines is 1. The summed E-state index contributed by atoms with van der Waals surface area (Å²) in [4.78, 5) is 5.46. The van der Waals surface area contributed by atoms with Gasteiger partial charge < -0.3 is 9.73 Å².